The van der Waals surface area contributed by atoms with Crippen molar-refractivity contribution in [2.75, 3.05) is 0 Å². The molecule has 1 aromatic rings. The molecule has 0 nitrogen and oxygen atoms in total. The molecule has 0 saturated heterocycles. The van der Waals surface area contributed by atoms with E-state index in [1.807, 2.05) is 19.1 Å². The zero-order chi connectivity index (χ0) is 11.5. The van der Waals surface area contributed by atoms with Gasteiger partial charge in [-0.15, -0.1) is 6.58 Å². The summed E-state index contributed by atoms with van der Waals surface area (Å²) in [5.41, 5.74) is 2.05. The van der Waals surface area contributed by atoms with Crippen molar-refractivity contribution in [1.29, 1.82) is 0 Å². The van der Waals surface area contributed by atoms with Gasteiger partial charge in [-0.05, 0) is 61.6 Å². The lowest BCUT2D eigenvalue weighted by atomic mass is 9.77. The fourth-order valence-electron chi connectivity index (χ4n) is 2.81. The molecule has 16 heavy (non-hydrogen) atoms. The van der Waals surface area contributed by atoms with Crippen LogP contribution in [0.5, 0.6) is 0 Å². The highest BCUT2D eigenvalue weighted by Crippen LogP contribution is 2.38. The quantitative estimate of drug-likeness (QED) is 0.637. The SMILES string of the molecule is C=CC1CCC(c2c(C)cccc2F)CC1. The summed E-state index contributed by atoms with van der Waals surface area (Å²) in [5, 5.41) is 0. The molecule has 2 rings (SSSR count). The first-order valence-corrected chi connectivity index (χ1v) is 6.10. The highest BCUT2D eigenvalue weighted by atomic mass is 19.1. The van der Waals surface area contributed by atoms with Crippen molar-refractivity contribution in [2.45, 2.75) is 38.5 Å². The van der Waals surface area contributed by atoms with Crippen LogP contribution in [0.3, 0.4) is 0 Å². The van der Waals surface area contributed by atoms with Gasteiger partial charge in [0, 0.05) is 0 Å². The molecule has 0 atom stereocenters. The lowest BCUT2D eigenvalue weighted by Gasteiger charge is -2.28. The molecular formula is C15H19F. The summed E-state index contributed by atoms with van der Waals surface area (Å²) in [5.74, 6) is 1.03. The molecule has 0 heterocycles. The van der Waals surface area contributed by atoms with Gasteiger partial charge in [0.25, 0.3) is 0 Å². The second-order valence-corrected chi connectivity index (χ2v) is 4.82. The van der Waals surface area contributed by atoms with Gasteiger partial charge in [0.1, 0.15) is 5.82 Å². The van der Waals surface area contributed by atoms with Crippen LogP contribution in [-0.2, 0) is 0 Å². The number of hydrogen-bond acceptors (Lipinski definition) is 0. The van der Waals surface area contributed by atoms with E-state index in [0.717, 1.165) is 36.8 Å². The van der Waals surface area contributed by atoms with E-state index in [2.05, 4.69) is 6.58 Å². The van der Waals surface area contributed by atoms with Gasteiger partial charge in [0.2, 0.25) is 0 Å². The smallest absolute Gasteiger partial charge is 0.126 e. The minimum atomic E-state index is -0.0259. The summed E-state index contributed by atoms with van der Waals surface area (Å²) >= 11 is 0. The maximum absolute atomic E-state index is 13.8. The van der Waals surface area contributed by atoms with Gasteiger partial charge in [0.05, 0.1) is 0 Å². The molecule has 1 heteroatoms. The normalized spacial score (nSPS) is 25.4. The van der Waals surface area contributed by atoms with Crippen LogP contribution in [0.25, 0.3) is 0 Å². The fraction of sp³-hybridized carbons (Fsp3) is 0.467. The van der Waals surface area contributed by atoms with E-state index in [4.69, 9.17) is 0 Å². The Labute approximate surface area is 97.2 Å². The van der Waals surface area contributed by atoms with Crippen LogP contribution in [0, 0.1) is 18.7 Å². The van der Waals surface area contributed by atoms with Crippen molar-refractivity contribution in [1.82, 2.24) is 0 Å². The van der Waals surface area contributed by atoms with E-state index < -0.39 is 0 Å². The van der Waals surface area contributed by atoms with Gasteiger partial charge in [-0.3, -0.25) is 0 Å². The summed E-state index contributed by atoms with van der Waals surface area (Å²) < 4.78 is 13.8. The highest BCUT2D eigenvalue weighted by Gasteiger charge is 2.23. The second kappa shape index (κ2) is 4.82. The van der Waals surface area contributed by atoms with Crippen LogP contribution in [0.15, 0.2) is 30.9 Å². The van der Waals surface area contributed by atoms with Crippen molar-refractivity contribution in [3.63, 3.8) is 0 Å². The largest absolute Gasteiger partial charge is 0.207 e. The molecule has 0 amide bonds. The Morgan fingerprint density at radius 2 is 1.94 bits per heavy atom. The number of halogens is 1. The minimum Gasteiger partial charge on any atom is -0.207 e. The Hall–Kier alpha value is -1.11. The van der Waals surface area contributed by atoms with Gasteiger partial charge >= 0.3 is 0 Å². The lowest BCUT2D eigenvalue weighted by Crippen LogP contribution is -2.13. The van der Waals surface area contributed by atoms with E-state index in [9.17, 15) is 4.39 Å². The number of allylic oxidation sites excluding steroid dienone is 1. The molecule has 0 spiro atoms. The molecule has 1 fully saturated rings. The minimum absolute atomic E-state index is 0.0259. The molecule has 0 unspecified atom stereocenters. The summed E-state index contributed by atoms with van der Waals surface area (Å²) in [6.45, 7) is 5.86. The number of rotatable bonds is 2. The molecule has 0 N–H and O–H groups in total. The number of aryl methyl sites for hydroxylation is 1. The predicted molar refractivity (Wildman–Crippen MR) is 66.0 cm³/mol. The van der Waals surface area contributed by atoms with Crippen LogP contribution in [-0.4, -0.2) is 0 Å². The van der Waals surface area contributed by atoms with Crippen molar-refractivity contribution in [3.05, 3.63) is 47.8 Å². The molecular weight excluding hydrogens is 199 g/mol. The van der Waals surface area contributed by atoms with Crippen LogP contribution in [0.4, 0.5) is 4.39 Å². The Balaban J connectivity index is 2.17. The first kappa shape index (κ1) is 11.4. The van der Waals surface area contributed by atoms with Crippen molar-refractivity contribution < 1.29 is 4.39 Å². The van der Waals surface area contributed by atoms with Gasteiger partial charge < -0.3 is 0 Å². The molecule has 1 aliphatic rings. The van der Waals surface area contributed by atoms with E-state index in [0.29, 0.717) is 11.8 Å². The van der Waals surface area contributed by atoms with Crippen LogP contribution >= 0.6 is 0 Å². The predicted octanol–water partition coefficient (Wildman–Crippen LogP) is 4.59. The Kier molecular flexibility index (Phi) is 3.42. The van der Waals surface area contributed by atoms with Crippen LogP contribution < -0.4 is 0 Å². The van der Waals surface area contributed by atoms with Crippen LogP contribution in [0.1, 0.15) is 42.7 Å². The van der Waals surface area contributed by atoms with Gasteiger partial charge in [0.15, 0.2) is 0 Å². The molecule has 0 aromatic heterocycles. The average Bonchev–Trinajstić information content (AvgIpc) is 2.30. The molecule has 0 radical (unpaired) electrons. The Bertz CT molecular complexity index is 353. The first-order valence-electron chi connectivity index (χ1n) is 6.10. The lowest BCUT2D eigenvalue weighted by molar-refractivity contribution is 0.368. The van der Waals surface area contributed by atoms with Crippen molar-refractivity contribution >= 4 is 0 Å². The monoisotopic (exact) mass is 218 g/mol. The molecule has 0 aliphatic heterocycles. The maximum atomic E-state index is 13.8. The molecule has 0 bridgehead atoms. The van der Waals surface area contributed by atoms with Crippen molar-refractivity contribution in [2.24, 2.45) is 5.92 Å². The first-order chi connectivity index (χ1) is 7.72. The molecule has 1 aliphatic carbocycles. The van der Waals surface area contributed by atoms with E-state index in [-0.39, 0.29) is 5.82 Å². The third-order valence-corrected chi connectivity index (χ3v) is 3.78. The average molecular weight is 218 g/mol. The zero-order valence-electron chi connectivity index (χ0n) is 9.88. The Morgan fingerprint density at radius 3 is 2.50 bits per heavy atom. The summed E-state index contributed by atoms with van der Waals surface area (Å²) in [4.78, 5) is 0. The van der Waals surface area contributed by atoms with Gasteiger partial charge in [-0.1, -0.05) is 18.2 Å². The van der Waals surface area contributed by atoms with Gasteiger partial charge in [-0.2, -0.15) is 0 Å². The summed E-state index contributed by atoms with van der Waals surface area (Å²) in [7, 11) is 0. The third kappa shape index (κ3) is 2.18. The summed E-state index contributed by atoms with van der Waals surface area (Å²) in [6, 6.07) is 5.39. The molecule has 86 valence electrons. The maximum Gasteiger partial charge on any atom is 0.126 e. The molecule has 1 aromatic carbocycles. The van der Waals surface area contributed by atoms with E-state index in [1.54, 1.807) is 12.1 Å². The van der Waals surface area contributed by atoms with Crippen molar-refractivity contribution in [3.8, 4) is 0 Å². The number of hydrogen-bond donors (Lipinski definition) is 0. The number of benzene rings is 1. The standard InChI is InChI=1S/C15H19F/c1-3-12-7-9-13(10-8-12)15-11(2)5-4-6-14(15)16/h3-6,12-13H,1,7-10H2,2H3. The van der Waals surface area contributed by atoms with Crippen LogP contribution in [0.2, 0.25) is 0 Å². The second-order valence-electron chi connectivity index (χ2n) is 4.82. The third-order valence-electron chi connectivity index (χ3n) is 3.78. The molecule has 1 saturated carbocycles. The summed E-state index contributed by atoms with van der Waals surface area (Å²) in [6.07, 6.45) is 6.55. The topological polar surface area (TPSA) is 0 Å². The van der Waals surface area contributed by atoms with Gasteiger partial charge in [-0.25, -0.2) is 4.39 Å². The zero-order valence-corrected chi connectivity index (χ0v) is 9.88. The highest BCUT2D eigenvalue weighted by molar-refractivity contribution is 5.31. The van der Waals surface area contributed by atoms with E-state index >= 15 is 0 Å². The van der Waals surface area contributed by atoms with E-state index in [1.165, 1.54) is 0 Å². The fourth-order valence-corrected chi connectivity index (χ4v) is 2.81. The Morgan fingerprint density at radius 1 is 1.25 bits per heavy atom.